The normalized spacial score (nSPS) is 28.1. The molecule has 0 aromatic heterocycles. The van der Waals surface area contributed by atoms with Crippen LogP contribution in [-0.2, 0) is 5.41 Å². The highest BCUT2D eigenvalue weighted by Crippen LogP contribution is 2.53. The number of rotatable bonds is 4. The van der Waals surface area contributed by atoms with Crippen molar-refractivity contribution in [2.24, 2.45) is 5.92 Å². The van der Waals surface area contributed by atoms with Crippen LogP contribution in [0.4, 0.5) is 8.78 Å². The van der Waals surface area contributed by atoms with Gasteiger partial charge in [0.25, 0.3) is 0 Å². The Labute approximate surface area is 94.9 Å². The van der Waals surface area contributed by atoms with Crippen molar-refractivity contribution in [3.05, 3.63) is 35.4 Å². The lowest BCUT2D eigenvalue weighted by molar-refractivity contribution is 0.534. The van der Waals surface area contributed by atoms with Gasteiger partial charge in [-0.2, -0.15) is 0 Å². The van der Waals surface area contributed by atoms with Crippen molar-refractivity contribution >= 4 is 0 Å². The van der Waals surface area contributed by atoms with Crippen molar-refractivity contribution in [2.75, 3.05) is 13.1 Å². The van der Waals surface area contributed by atoms with E-state index < -0.39 is 11.6 Å². The highest BCUT2D eigenvalue weighted by Gasteiger charge is 2.51. The van der Waals surface area contributed by atoms with Gasteiger partial charge in [-0.3, -0.25) is 0 Å². The van der Waals surface area contributed by atoms with Gasteiger partial charge >= 0.3 is 0 Å². The summed E-state index contributed by atoms with van der Waals surface area (Å²) in [6.07, 6.45) is 1.00. The van der Waals surface area contributed by atoms with Crippen molar-refractivity contribution in [1.29, 1.82) is 0 Å². The quantitative estimate of drug-likeness (QED) is 0.830. The lowest BCUT2D eigenvalue weighted by Crippen LogP contribution is -2.28. The molecule has 0 saturated heterocycles. The van der Waals surface area contributed by atoms with E-state index in [0.29, 0.717) is 5.92 Å². The first-order chi connectivity index (χ1) is 7.58. The summed E-state index contributed by atoms with van der Waals surface area (Å²) in [5, 5.41) is 3.27. The summed E-state index contributed by atoms with van der Waals surface area (Å²) < 4.78 is 26.3. The van der Waals surface area contributed by atoms with Crippen LogP contribution < -0.4 is 5.32 Å². The molecule has 1 N–H and O–H groups in total. The zero-order valence-electron chi connectivity index (χ0n) is 9.69. The van der Waals surface area contributed by atoms with E-state index in [1.54, 1.807) is 0 Å². The van der Waals surface area contributed by atoms with E-state index in [0.717, 1.165) is 31.1 Å². The SMILES string of the molecule is CCNCC1(c2cc(F)cc(F)c2)CC1C. The molecule has 0 aliphatic heterocycles. The Morgan fingerprint density at radius 1 is 1.31 bits per heavy atom. The van der Waals surface area contributed by atoms with Gasteiger partial charge in [0.2, 0.25) is 0 Å². The van der Waals surface area contributed by atoms with Gasteiger partial charge in [-0.25, -0.2) is 8.78 Å². The first-order valence-corrected chi connectivity index (χ1v) is 5.76. The van der Waals surface area contributed by atoms with E-state index >= 15 is 0 Å². The van der Waals surface area contributed by atoms with Crippen LogP contribution in [-0.4, -0.2) is 13.1 Å². The van der Waals surface area contributed by atoms with E-state index in [9.17, 15) is 8.78 Å². The molecule has 88 valence electrons. The Morgan fingerprint density at radius 3 is 2.31 bits per heavy atom. The van der Waals surface area contributed by atoms with Crippen molar-refractivity contribution < 1.29 is 8.78 Å². The monoisotopic (exact) mass is 225 g/mol. The Balaban J connectivity index is 2.27. The molecule has 0 heterocycles. The standard InChI is InChI=1S/C13H17F2N/c1-3-16-8-13(7-9(13)2)10-4-11(14)6-12(15)5-10/h4-6,9,16H,3,7-8H2,1-2H3. The largest absolute Gasteiger partial charge is 0.316 e. The molecule has 16 heavy (non-hydrogen) atoms. The molecule has 2 rings (SSSR count). The lowest BCUT2D eigenvalue weighted by Gasteiger charge is -2.18. The average molecular weight is 225 g/mol. The number of halogens is 2. The smallest absolute Gasteiger partial charge is 0.126 e. The number of hydrogen-bond donors (Lipinski definition) is 1. The molecule has 2 unspecified atom stereocenters. The summed E-state index contributed by atoms with van der Waals surface area (Å²) in [5.41, 5.74) is 0.734. The Hall–Kier alpha value is -0.960. The van der Waals surface area contributed by atoms with Crippen molar-refractivity contribution in [1.82, 2.24) is 5.32 Å². The highest BCUT2D eigenvalue weighted by atomic mass is 19.1. The van der Waals surface area contributed by atoms with Crippen LogP contribution in [0.15, 0.2) is 18.2 Å². The molecule has 0 spiro atoms. The van der Waals surface area contributed by atoms with Gasteiger partial charge in [0.05, 0.1) is 0 Å². The minimum absolute atomic E-state index is 0.0566. The second kappa shape index (κ2) is 4.13. The molecule has 1 aliphatic carbocycles. The van der Waals surface area contributed by atoms with Gasteiger partial charge in [0.1, 0.15) is 11.6 Å². The topological polar surface area (TPSA) is 12.0 Å². The van der Waals surface area contributed by atoms with E-state index in [4.69, 9.17) is 0 Å². The summed E-state index contributed by atoms with van der Waals surface area (Å²) in [6, 6.07) is 3.85. The van der Waals surface area contributed by atoms with Gasteiger partial charge in [0.15, 0.2) is 0 Å². The van der Waals surface area contributed by atoms with E-state index in [-0.39, 0.29) is 5.41 Å². The molecule has 3 heteroatoms. The van der Waals surface area contributed by atoms with Crippen molar-refractivity contribution in [2.45, 2.75) is 25.7 Å². The van der Waals surface area contributed by atoms with Crippen LogP contribution >= 0.6 is 0 Å². The zero-order valence-corrected chi connectivity index (χ0v) is 9.69. The number of likely N-dealkylation sites (N-methyl/N-ethyl adjacent to an activating group) is 1. The van der Waals surface area contributed by atoms with Gasteiger partial charge in [0, 0.05) is 18.0 Å². The summed E-state index contributed by atoms with van der Waals surface area (Å²) >= 11 is 0. The second-order valence-corrected chi connectivity index (χ2v) is 4.70. The van der Waals surface area contributed by atoms with Crippen molar-refractivity contribution in [3.63, 3.8) is 0 Å². The second-order valence-electron chi connectivity index (χ2n) is 4.70. The van der Waals surface area contributed by atoms with Gasteiger partial charge in [-0.15, -0.1) is 0 Å². The number of hydrogen-bond acceptors (Lipinski definition) is 1. The van der Waals surface area contributed by atoms with Gasteiger partial charge < -0.3 is 5.32 Å². The molecule has 0 amide bonds. The fraction of sp³-hybridized carbons (Fsp3) is 0.538. The predicted molar refractivity (Wildman–Crippen MR) is 60.4 cm³/mol. The highest BCUT2D eigenvalue weighted by molar-refractivity contribution is 5.34. The maximum atomic E-state index is 13.2. The van der Waals surface area contributed by atoms with Crippen LogP contribution in [0.3, 0.4) is 0 Å². The number of nitrogens with one attached hydrogen (secondary N) is 1. The van der Waals surface area contributed by atoms with Crippen LogP contribution in [0, 0.1) is 17.6 Å². The molecular formula is C13H17F2N. The van der Waals surface area contributed by atoms with E-state index in [1.807, 2.05) is 6.92 Å². The third-order valence-corrected chi connectivity index (χ3v) is 3.58. The third-order valence-electron chi connectivity index (χ3n) is 3.58. The van der Waals surface area contributed by atoms with Crippen molar-refractivity contribution in [3.8, 4) is 0 Å². The van der Waals surface area contributed by atoms with Crippen LogP contribution in [0.2, 0.25) is 0 Å². The first-order valence-electron chi connectivity index (χ1n) is 5.76. The first kappa shape index (κ1) is 11.5. The fourth-order valence-electron chi connectivity index (χ4n) is 2.43. The summed E-state index contributed by atoms with van der Waals surface area (Å²) in [4.78, 5) is 0. The van der Waals surface area contributed by atoms with Gasteiger partial charge in [-0.05, 0) is 36.6 Å². The minimum Gasteiger partial charge on any atom is -0.316 e. The predicted octanol–water partition coefficient (Wildman–Crippen LogP) is 2.85. The summed E-state index contributed by atoms with van der Waals surface area (Å²) in [7, 11) is 0. The lowest BCUT2D eigenvalue weighted by atomic mass is 9.93. The Bertz CT molecular complexity index is 371. The molecule has 1 saturated carbocycles. The molecule has 1 nitrogen and oxygen atoms in total. The molecule has 1 aromatic carbocycles. The molecule has 0 radical (unpaired) electrons. The maximum absolute atomic E-state index is 13.2. The minimum atomic E-state index is -0.482. The fourth-order valence-corrected chi connectivity index (χ4v) is 2.43. The Kier molecular flexibility index (Phi) is 2.98. The molecule has 0 bridgehead atoms. The van der Waals surface area contributed by atoms with Crippen LogP contribution in [0.1, 0.15) is 25.8 Å². The molecule has 2 atom stereocenters. The molecular weight excluding hydrogens is 208 g/mol. The zero-order chi connectivity index (χ0) is 11.8. The molecule has 1 aromatic rings. The molecule has 1 aliphatic rings. The summed E-state index contributed by atoms with van der Waals surface area (Å²) in [6.45, 7) is 5.84. The van der Waals surface area contributed by atoms with E-state index in [2.05, 4.69) is 12.2 Å². The van der Waals surface area contributed by atoms with Crippen LogP contribution in [0.25, 0.3) is 0 Å². The Morgan fingerprint density at radius 2 is 1.88 bits per heavy atom. The average Bonchev–Trinajstić information content (AvgIpc) is 2.86. The summed E-state index contributed by atoms with van der Waals surface area (Å²) in [5.74, 6) is -0.470. The van der Waals surface area contributed by atoms with Gasteiger partial charge in [-0.1, -0.05) is 13.8 Å². The van der Waals surface area contributed by atoms with Crippen LogP contribution in [0.5, 0.6) is 0 Å². The third kappa shape index (κ3) is 1.96. The van der Waals surface area contributed by atoms with E-state index in [1.165, 1.54) is 12.1 Å². The number of benzene rings is 1. The maximum Gasteiger partial charge on any atom is 0.126 e. The molecule has 1 fully saturated rings.